The van der Waals surface area contributed by atoms with Gasteiger partial charge in [-0.1, -0.05) is 6.92 Å². The Bertz CT molecular complexity index is 644. The number of carbonyl (C=O) groups is 1. The first-order chi connectivity index (χ1) is 12.1. The van der Waals surface area contributed by atoms with Crippen LogP contribution in [0.25, 0.3) is 0 Å². The SMILES string of the molecule is CC1CC(C(=O)N2CC(Nc3nccnc3F)C3(CCOCC3)C2)C1. The molecule has 0 bridgehead atoms. The van der Waals surface area contributed by atoms with Gasteiger partial charge in [0.1, 0.15) is 0 Å². The third-order valence-electron chi connectivity index (χ3n) is 6.14. The van der Waals surface area contributed by atoms with Crippen molar-refractivity contribution >= 4 is 11.7 Å². The van der Waals surface area contributed by atoms with Crippen molar-refractivity contribution in [3.63, 3.8) is 0 Å². The molecule has 1 saturated carbocycles. The summed E-state index contributed by atoms with van der Waals surface area (Å²) >= 11 is 0. The van der Waals surface area contributed by atoms with Crippen LogP contribution in [0.5, 0.6) is 0 Å². The van der Waals surface area contributed by atoms with Crippen LogP contribution in [0.15, 0.2) is 12.4 Å². The molecule has 1 amide bonds. The van der Waals surface area contributed by atoms with Gasteiger partial charge in [-0.3, -0.25) is 4.79 Å². The zero-order chi connectivity index (χ0) is 17.4. The Kier molecular flexibility index (Phi) is 4.35. The largest absolute Gasteiger partial charge is 0.381 e. The van der Waals surface area contributed by atoms with Crippen LogP contribution >= 0.6 is 0 Å². The fourth-order valence-electron chi connectivity index (χ4n) is 4.57. The molecule has 1 N–H and O–H groups in total. The zero-order valence-electron chi connectivity index (χ0n) is 14.6. The summed E-state index contributed by atoms with van der Waals surface area (Å²) in [5.74, 6) is 0.648. The molecular formula is C18H25FN4O2. The van der Waals surface area contributed by atoms with Crippen LogP contribution in [0.1, 0.15) is 32.6 Å². The van der Waals surface area contributed by atoms with E-state index in [4.69, 9.17) is 4.74 Å². The maximum absolute atomic E-state index is 13.9. The quantitative estimate of drug-likeness (QED) is 0.906. The lowest BCUT2D eigenvalue weighted by Gasteiger charge is -2.38. The molecular weight excluding hydrogens is 323 g/mol. The van der Waals surface area contributed by atoms with E-state index < -0.39 is 5.95 Å². The lowest BCUT2D eigenvalue weighted by molar-refractivity contribution is -0.139. The molecule has 1 atom stereocenters. The number of hydrogen-bond donors (Lipinski definition) is 1. The normalized spacial score (nSPS) is 31.0. The van der Waals surface area contributed by atoms with Gasteiger partial charge in [-0.15, -0.1) is 0 Å². The molecule has 0 aromatic carbocycles. The minimum absolute atomic E-state index is 0.0240. The molecule has 6 nitrogen and oxygen atoms in total. The van der Waals surface area contributed by atoms with Crippen molar-refractivity contribution in [2.24, 2.45) is 17.3 Å². The van der Waals surface area contributed by atoms with Crippen molar-refractivity contribution in [2.75, 3.05) is 31.6 Å². The highest BCUT2D eigenvalue weighted by molar-refractivity contribution is 5.80. The van der Waals surface area contributed by atoms with E-state index in [1.807, 2.05) is 4.90 Å². The molecule has 25 heavy (non-hydrogen) atoms. The zero-order valence-corrected chi connectivity index (χ0v) is 14.6. The summed E-state index contributed by atoms with van der Waals surface area (Å²) in [5.41, 5.74) is -0.0762. The van der Waals surface area contributed by atoms with E-state index in [0.717, 1.165) is 32.2 Å². The maximum Gasteiger partial charge on any atom is 0.255 e. The minimum Gasteiger partial charge on any atom is -0.381 e. The summed E-state index contributed by atoms with van der Waals surface area (Å²) in [6.07, 6.45) is 6.54. The van der Waals surface area contributed by atoms with Crippen molar-refractivity contribution in [2.45, 2.75) is 38.6 Å². The second-order valence-corrected chi connectivity index (χ2v) is 7.86. The minimum atomic E-state index is -0.595. The smallest absolute Gasteiger partial charge is 0.255 e. The number of ether oxygens (including phenoxy) is 1. The lowest BCUT2D eigenvalue weighted by Crippen LogP contribution is -2.44. The molecule has 2 saturated heterocycles. The molecule has 1 aromatic rings. The van der Waals surface area contributed by atoms with Gasteiger partial charge in [-0.2, -0.15) is 4.39 Å². The molecule has 136 valence electrons. The second-order valence-electron chi connectivity index (χ2n) is 7.86. The molecule has 1 aliphatic carbocycles. The topological polar surface area (TPSA) is 67.4 Å². The molecule has 1 spiro atoms. The average Bonchev–Trinajstić information content (AvgIpc) is 2.92. The number of halogens is 1. The first kappa shape index (κ1) is 16.7. The van der Waals surface area contributed by atoms with Gasteiger partial charge in [0.25, 0.3) is 5.95 Å². The highest BCUT2D eigenvalue weighted by Crippen LogP contribution is 2.43. The molecule has 3 fully saturated rings. The number of carbonyl (C=O) groups excluding carboxylic acids is 1. The van der Waals surface area contributed by atoms with Gasteiger partial charge in [0, 0.05) is 50.0 Å². The van der Waals surface area contributed by atoms with Gasteiger partial charge < -0.3 is 15.0 Å². The third-order valence-corrected chi connectivity index (χ3v) is 6.14. The van der Waals surface area contributed by atoms with Crippen LogP contribution in [-0.2, 0) is 9.53 Å². The number of nitrogens with zero attached hydrogens (tertiary/aromatic N) is 3. The van der Waals surface area contributed by atoms with E-state index in [-0.39, 0.29) is 29.1 Å². The Morgan fingerprint density at radius 3 is 2.72 bits per heavy atom. The summed E-state index contributed by atoms with van der Waals surface area (Å²) in [6, 6.07) is -0.0240. The summed E-state index contributed by atoms with van der Waals surface area (Å²) in [4.78, 5) is 22.6. The molecule has 0 radical (unpaired) electrons. The lowest BCUT2D eigenvalue weighted by atomic mass is 9.75. The molecule has 1 aromatic heterocycles. The number of aromatic nitrogens is 2. The van der Waals surface area contributed by atoms with E-state index in [1.165, 1.54) is 12.4 Å². The Labute approximate surface area is 147 Å². The summed E-state index contributed by atoms with van der Waals surface area (Å²) < 4.78 is 19.5. The average molecular weight is 348 g/mol. The molecule has 7 heteroatoms. The Balaban J connectivity index is 1.53. The number of hydrogen-bond acceptors (Lipinski definition) is 5. The van der Waals surface area contributed by atoms with Crippen molar-refractivity contribution in [1.82, 2.24) is 14.9 Å². The molecule has 3 aliphatic rings. The highest BCUT2D eigenvalue weighted by Gasteiger charge is 2.50. The van der Waals surface area contributed by atoms with Crippen molar-refractivity contribution < 1.29 is 13.9 Å². The molecule has 3 heterocycles. The van der Waals surface area contributed by atoms with E-state index in [0.29, 0.717) is 25.7 Å². The molecule has 2 aliphatic heterocycles. The Morgan fingerprint density at radius 2 is 2.04 bits per heavy atom. The monoisotopic (exact) mass is 348 g/mol. The van der Waals surface area contributed by atoms with Crippen molar-refractivity contribution in [3.05, 3.63) is 18.3 Å². The third kappa shape index (κ3) is 3.10. The Morgan fingerprint density at radius 1 is 1.32 bits per heavy atom. The second kappa shape index (κ2) is 6.52. The van der Waals surface area contributed by atoms with E-state index in [2.05, 4.69) is 22.2 Å². The van der Waals surface area contributed by atoms with Crippen LogP contribution in [0.3, 0.4) is 0 Å². The van der Waals surface area contributed by atoms with E-state index >= 15 is 0 Å². The van der Waals surface area contributed by atoms with Crippen molar-refractivity contribution in [1.29, 1.82) is 0 Å². The van der Waals surface area contributed by atoms with E-state index in [9.17, 15) is 9.18 Å². The fourth-order valence-corrected chi connectivity index (χ4v) is 4.57. The van der Waals surface area contributed by atoms with Crippen molar-refractivity contribution in [3.8, 4) is 0 Å². The van der Waals surface area contributed by atoms with Gasteiger partial charge in [-0.25, -0.2) is 9.97 Å². The molecule has 4 rings (SSSR count). The van der Waals surface area contributed by atoms with Crippen LogP contribution in [0, 0.1) is 23.2 Å². The van der Waals surface area contributed by atoms with Gasteiger partial charge in [0.15, 0.2) is 5.82 Å². The Hall–Kier alpha value is -1.76. The predicted molar refractivity (Wildman–Crippen MR) is 90.4 cm³/mol. The number of nitrogens with one attached hydrogen (secondary N) is 1. The first-order valence-corrected chi connectivity index (χ1v) is 9.17. The van der Waals surface area contributed by atoms with Crippen LogP contribution < -0.4 is 5.32 Å². The number of rotatable bonds is 3. The van der Waals surface area contributed by atoms with Crippen LogP contribution in [0.2, 0.25) is 0 Å². The summed E-state index contributed by atoms with van der Waals surface area (Å²) in [5, 5.41) is 3.24. The summed E-state index contributed by atoms with van der Waals surface area (Å²) in [6.45, 7) is 4.88. The van der Waals surface area contributed by atoms with Crippen LogP contribution in [0.4, 0.5) is 10.2 Å². The van der Waals surface area contributed by atoms with Gasteiger partial charge in [0.05, 0.1) is 6.04 Å². The summed E-state index contributed by atoms with van der Waals surface area (Å²) in [7, 11) is 0. The standard InChI is InChI=1S/C18H25FN4O2/c1-12-8-13(9-12)17(24)23-10-14(18(11-23)2-6-25-7-3-18)22-16-15(19)20-4-5-21-16/h4-5,12-14H,2-3,6-11H2,1H3,(H,21,22). The maximum atomic E-state index is 13.9. The number of anilines is 1. The highest BCUT2D eigenvalue weighted by atomic mass is 19.1. The molecule has 1 unspecified atom stereocenters. The van der Waals surface area contributed by atoms with Gasteiger partial charge in [-0.05, 0) is 31.6 Å². The van der Waals surface area contributed by atoms with Gasteiger partial charge in [0.2, 0.25) is 5.91 Å². The fraction of sp³-hybridized carbons (Fsp3) is 0.722. The number of likely N-dealkylation sites (tertiary alicyclic amines) is 1. The number of amides is 1. The van der Waals surface area contributed by atoms with Crippen LogP contribution in [-0.4, -0.2) is 53.1 Å². The van der Waals surface area contributed by atoms with Gasteiger partial charge >= 0.3 is 0 Å². The predicted octanol–water partition coefficient (Wildman–Crippen LogP) is 2.08. The van der Waals surface area contributed by atoms with E-state index in [1.54, 1.807) is 0 Å². The first-order valence-electron chi connectivity index (χ1n) is 9.17.